The zero-order valence-electron chi connectivity index (χ0n) is 12.6. The monoisotopic (exact) mass is 372 g/mol. The largest absolute Gasteiger partial charge is 0.348 e. The van der Waals surface area contributed by atoms with Crippen LogP contribution in [0.3, 0.4) is 0 Å². The number of rotatable bonds is 4. The fraction of sp³-hybridized carbons (Fsp3) is 0.222. The van der Waals surface area contributed by atoms with Crippen molar-refractivity contribution in [2.45, 2.75) is 19.4 Å². The van der Waals surface area contributed by atoms with Crippen LogP contribution in [-0.4, -0.2) is 18.4 Å². The Labute approximate surface area is 143 Å². The summed E-state index contributed by atoms with van der Waals surface area (Å²) in [6, 6.07) is 15.0. The molecule has 0 atom stereocenters. The van der Waals surface area contributed by atoms with Crippen molar-refractivity contribution in [2.75, 3.05) is 11.4 Å². The Bertz CT molecular complexity index is 745. The molecule has 0 unspecified atom stereocenters. The number of nitrogens with one attached hydrogen (secondary N) is 1. The predicted octanol–water partition coefficient (Wildman–Crippen LogP) is 3.51. The molecule has 1 heterocycles. The molecule has 2 aromatic carbocycles. The first-order valence-electron chi connectivity index (χ1n) is 7.56. The molecule has 0 saturated carbocycles. The lowest BCUT2D eigenvalue weighted by molar-refractivity contribution is -0.117. The van der Waals surface area contributed by atoms with Crippen molar-refractivity contribution in [3.05, 3.63) is 64.1 Å². The maximum atomic E-state index is 12.2. The van der Waals surface area contributed by atoms with Gasteiger partial charge in [0, 0.05) is 35.2 Å². The number of halogens is 1. The Morgan fingerprint density at radius 1 is 1.17 bits per heavy atom. The van der Waals surface area contributed by atoms with Gasteiger partial charge in [-0.25, -0.2) is 0 Å². The fourth-order valence-corrected chi connectivity index (χ4v) is 3.07. The molecular formula is C18H17BrN2O2. The molecule has 1 fully saturated rings. The van der Waals surface area contributed by atoms with Crippen molar-refractivity contribution in [1.29, 1.82) is 0 Å². The zero-order chi connectivity index (χ0) is 16.2. The van der Waals surface area contributed by atoms with Crippen LogP contribution in [0.2, 0.25) is 0 Å². The number of carbonyl (C=O) groups excluding carboxylic acids is 2. The van der Waals surface area contributed by atoms with Gasteiger partial charge in [-0.05, 0) is 42.3 Å². The number of carbonyl (C=O) groups is 2. The Hall–Kier alpha value is -2.14. The van der Waals surface area contributed by atoms with Crippen LogP contribution in [0.5, 0.6) is 0 Å². The molecule has 1 aliphatic rings. The highest BCUT2D eigenvalue weighted by molar-refractivity contribution is 9.10. The summed E-state index contributed by atoms with van der Waals surface area (Å²) in [5.41, 5.74) is 2.50. The summed E-state index contributed by atoms with van der Waals surface area (Å²) in [5, 5.41) is 2.91. The average molecular weight is 373 g/mol. The molecule has 5 heteroatoms. The number of benzene rings is 2. The van der Waals surface area contributed by atoms with Gasteiger partial charge in [0.1, 0.15) is 0 Å². The van der Waals surface area contributed by atoms with Crippen LogP contribution < -0.4 is 10.2 Å². The Morgan fingerprint density at radius 2 is 2.00 bits per heavy atom. The Kier molecular flexibility index (Phi) is 4.76. The highest BCUT2D eigenvalue weighted by atomic mass is 79.9. The van der Waals surface area contributed by atoms with Gasteiger partial charge in [-0.3, -0.25) is 9.59 Å². The van der Waals surface area contributed by atoms with Gasteiger partial charge >= 0.3 is 0 Å². The van der Waals surface area contributed by atoms with E-state index >= 15 is 0 Å². The van der Waals surface area contributed by atoms with Crippen LogP contribution in [0, 0.1) is 0 Å². The van der Waals surface area contributed by atoms with Crippen molar-refractivity contribution in [1.82, 2.24) is 5.32 Å². The van der Waals surface area contributed by atoms with Gasteiger partial charge in [-0.1, -0.05) is 34.1 Å². The van der Waals surface area contributed by atoms with Gasteiger partial charge in [0.25, 0.3) is 5.91 Å². The van der Waals surface area contributed by atoms with Crippen molar-refractivity contribution >= 4 is 33.4 Å². The highest BCUT2D eigenvalue weighted by Crippen LogP contribution is 2.22. The van der Waals surface area contributed by atoms with E-state index in [1.54, 1.807) is 17.0 Å². The second-order valence-electron chi connectivity index (χ2n) is 5.51. The molecule has 0 radical (unpaired) electrons. The second-order valence-corrected chi connectivity index (χ2v) is 6.43. The van der Waals surface area contributed by atoms with Gasteiger partial charge in [-0.15, -0.1) is 0 Å². The van der Waals surface area contributed by atoms with Crippen molar-refractivity contribution in [3.8, 4) is 0 Å². The van der Waals surface area contributed by atoms with Crippen molar-refractivity contribution < 1.29 is 9.59 Å². The first-order valence-corrected chi connectivity index (χ1v) is 8.36. The van der Waals surface area contributed by atoms with Crippen LogP contribution in [0.15, 0.2) is 53.0 Å². The first-order chi connectivity index (χ1) is 11.1. The van der Waals surface area contributed by atoms with Crippen LogP contribution in [0.1, 0.15) is 28.8 Å². The first kappa shape index (κ1) is 15.7. The fourth-order valence-electron chi connectivity index (χ4n) is 2.67. The van der Waals surface area contributed by atoms with E-state index < -0.39 is 0 Å². The summed E-state index contributed by atoms with van der Waals surface area (Å²) in [4.78, 5) is 25.8. The summed E-state index contributed by atoms with van der Waals surface area (Å²) < 4.78 is 0.875. The quantitative estimate of drug-likeness (QED) is 0.892. The molecule has 3 rings (SSSR count). The second kappa shape index (κ2) is 6.96. The third-order valence-electron chi connectivity index (χ3n) is 3.84. The maximum absolute atomic E-state index is 12.2. The lowest BCUT2D eigenvalue weighted by atomic mass is 10.1. The van der Waals surface area contributed by atoms with E-state index in [1.807, 2.05) is 36.4 Å². The lowest BCUT2D eigenvalue weighted by Crippen LogP contribution is -2.25. The van der Waals surface area contributed by atoms with Crippen LogP contribution in [0.25, 0.3) is 0 Å². The molecule has 0 aliphatic carbocycles. The molecule has 23 heavy (non-hydrogen) atoms. The molecule has 0 spiro atoms. The molecule has 1 aliphatic heterocycles. The van der Waals surface area contributed by atoms with E-state index in [0.29, 0.717) is 18.5 Å². The van der Waals surface area contributed by atoms with Crippen molar-refractivity contribution in [2.24, 2.45) is 0 Å². The molecule has 2 aromatic rings. The van der Waals surface area contributed by atoms with E-state index in [2.05, 4.69) is 21.2 Å². The molecule has 0 bridgehead atoms. The van der Waals surface area contributed by atoms with Crippen LogP contribution in [0.4, 0.5) is 5.69 Å². The Morgan fingerprint density at radius 3 is 2.74 bits per heavy atom. The maximum Gasteiger partial charge on any atom is 0.251 e. The Balaban J connectivity index is 1.66. The number of hydrogen-bond acceptors (Lipinski definition) is 2. The summed E-state index contributed by atoms with van der Waals surface area (Å²) in [6.45, 7) is 1.20. The molecule has 1 N–H and O–H groups in total. The number of nitrogens with zero attached hydrogens (tertiary/aromatic N) is 1. The minimum absolute atomic E-state index is 0.117. The van der Waals surface area contributed by atoms with Gasteiger partial charge in [0.2, 0.25) is 5.91 Å². The summed E-state index contributed by atoms with van der Waals surface area (Å²) >= 11 is 3.36. The van der Waals surface area contributed by atoms with E-state index in [-0.39, 0.29) is 11.8 Å². The van der Waals surface area contributed by atoms with Crippen LogP contribution in [-0.2, 0) is 11.3 Å². The molecule has 4 nitrogen and oxygen atoms in total. The molecule has 1 saturated heterocycles. The van der Waals surface area contributed by atoms with E-state index in [4.69, 9.17) is 0 Å². The number of hydrogen-bond donors (Lipinski definition) is 1. The van der Waals surface area contributed by atoms with Crippen LogP contribution >= 0.6 is 15.9 Å². The number of amides is 2. The topological polar surface area (TPSA) is 49.4 Å². The van der Waals surface area contributed by atoms with Gasteiger partial charge < -0.3 is 10.2 Å². The SMILES string of the molecule is O=C(NCc1cccc(N2CCCC2=O)c1)c1cccc(Br)c1. The molecule has 118 valence electrons. The lowest BCUT2D eigenvalue weighted by Gasteiger charge is -2.16. The minimum Gasteiger partial charge on any atom is -0.348 e. The third kappa shape index (κ3) is 3.79. The summed E-state index contributed by atoms with van der Waals surface area (Å²) in [6.07, 6.45) is 1.52. The molecular weight excluding hydrogens is 356 g/mol. The van der Waals surface area contributed by atoms with E-state index in [9.17, 15) is 9.59 Å². The number of anilines is 1. The van der Waals surface area contributed by atoms with Crippen molar-refractivity contribution in [3.63, 3.8) is 0 Å². The summed E-state index contributed by atoms with van der Waals surface area (Å²) in [7, 11) is 0. The van der Waals surface area contributed by atoms with Gasteiger partial charge in [0.05, 0.1) is 0 Å². The predicted molar refractivity (Wildman–Crippen MR) is 93.3 cm³/mol. The minimum atomic E-state index is -0.117. The molecule has 0 aromatic heterocycles. The van der Waals surface area contributed by atoms with E-state index in [1.165, 1.54) is 0 Å². The van der Waals surface area contributed by atoms with Gasteiger partial charge in [0.15, 0.2) is 0 Å². The average Bonchev–Trinajstić information content (AvgIpc) is 2.99. The standard InChI is InChI=1S/C18H17BrN2O2/c19-15-6-2-5-14(11-15)18(23)20-12-13-4-1-7-16(10-13)21-9-3-8-17(21)22/h1-2,4-7,10-11H,3,8-9,12H2,(H,20,23). The third-order valence-corrected chi connectivity index (χ3v) is 4.33. The van der Waals surface area contributed by atoms with E-state index in [0.717, 1.165) is 28.7 Å². The molecule has 2 amide bonds. The van der Waals surface area contributed by atoms with Gasteiger partial charge in [-0.2, -0.15) is 0 Å². The zero-order valence-corrected chi connectivity index (χ0v) is 14.2. The highest BCUT2D eigenvalue weighted by Gasteiger charge is 2.21. The summed E-state index contributed by atoms with van der Waals surface area (Å²) in [5.74, 6) is 0.0503. The smallest absolute Gasteiger partial charge is 0.251 e. The normalized spacial score (nSPS) is 14.1.